The number of hydrogen-bond donors (Lipinski definition) is 1. The molecule has 0 bridgehead atoms. The van der Waals surface area contributed by atoms with Crippen molar-refractivity contribution in [3.05, 3.63) is 47.0 Å². The summed E-state index contributed by atoms with van der Waals surface area (Å²) in [5.41, 5.74) is -1.14. The summed E-state index contributed by atoms with van der Waals surface area (Å²) in [5, 5.41) is 9.42. The highest BCUT2D eigenvalue weighted by atomic mass is 35.5. The molecule has 0 saturated carbocycles. The minimum atomic E-state index is -4.65. The lowest BCUT2D eigenvalue weighted by atomic mass is 10.0. The molecule has 126 valence electrons. The lowest BCUT2D eigenvalue weighted by Crippen LogP contribution is -2.45. The normalized spacial score (nSPS) is 21.3. The first-order chi connectivity index (χ1) is 10.8. The lowest BCUT2D eigenvalue weighted by Gasteiger charge is -2.30. The third kappa shape index (κ3) is 3.85. The van der Waals surface area contributed by atoms with Crippen LogP contribution in [0.2, 0.25) is 5.02 Å². The first-order valence-corrected chi connectivity index (χ1v) is 7.17. The minimum Gasteiger partial charge on any atom is -0.388 e. The zero-order chi connectivity index (χ0) is 17.2. The molecule has 2 atom stereocenters. The summed E-state index contributed by atoms with van der Waals surface area (Å²) in [6.45, 7) is 3.06. The van der Waals surface area contributed by atoms with Crippen molar-refractivity contribution >= 4 is 17.5 Å². The van der Waals surface area contributed by atoms with Crippen molar-refractivity contribution in [2.75, 3.05) is 13.2 Å². The zero-order valence-corrected chi connectivity index (χ0v) is 12.8. The van der Waals surface area contributed by atoms with Crippen LogP contribution in [0.1, 0.15) is 11.1 Å². The van der Waals surface area contributed by atoms with E-state index in [0.29, 0.717) is 0 Å². The van der Waals surface area contributed by atoms with Crippen molar-refractivity contribution in [2.24, 2.45) is 0 Å². The minimum absolute atomic E-state index is 0.0211. The van der Waals surface area contributed by atoms with Crippen LogP contribution in [-0.4, -0.2) is 41.3 Å². The van der Waals surface area contributed by atoms with Gasteiger partial charge in [0.2, 0.25) is 5.91 Å². The number of benzene rings is 1. The average Bonchev–Trinajstić information content (AvgIpc) is 2.88. The molecule has 2 rings (SSSR count). The number of nitrogens with zero attached hydrogens (tertiary/aromatic N) is 1. The smallest absolute Gasteiger partial charge is 0.388 e. The van der Waals surface area contributed by atoms with Gasteiger partial charge in [0.25, 0.3) is 0 Å². The van der Waals surface area contributed by atoms with E-state index in [9.17, 15) is 23.1 Å². The lowest BCUT2D eigenvalue weighted by molar-refractivity contribution is -0.140. The van der Waals surface area contributed by atoms with Gasteiger partial charge in [-0.25, -0.2) is 0 Å². The molecule has 0 unspecified atom stereocenters. The topological polar surface area (TPSA) is 49.8 Å². The molecule has 23 heavy (non-hydrogen) atoms. The summed E-state index contributed by atoms with van der Waals surface area (Å²) in [7, 11) is 0. The van der Waals surface area contributed by atoms with Crippen molar-refractivity contribution < 1.29 is 27.8 Å². The Balaban J connectivity index is 2.39. The third-order valence-electron chi connectivity index (χ3n) is 3.60. The summed E-state index contributed by atoms with van der Waals surface area (Å²) < 4.78 is 44.7. The van der Waals surface area contributed by atoms with Crippen LogP contribution in [0.15, 0.2) is 30.9 Å². The Bertz CT molecular complexity index is 606. The fourth-order valence-electron chi connectivity index (χ4n) is 2.51. The fraction of sp³-hybridized carbons (Fsp3) is 0.400. The van der Waals surface area contributed by atoms with Crippen LogP contribution in [0.4, 0.5) is 13.2 Å². The van der Waals surface area contributed by atoms with Gasteiger partial charge in [-0.15, -0.1) is 0 Å². The maximum Gasteiger partial charge on any atom is 0.418 e. The van der Waals surface area contributed by atoms with Gasteiger partial charge in [-0.1, -0.05) is 30.3 Å². The van der Waals surface area contributed by atoms with E-state index in [1.165, 1.54) is 12.1 Å². The molecular weight excluding hydrogens is 335 g/mol. The van der Waals surface area contributed by atoms with E-state index in [-0.39, 0.29) is 25.3 Å². The average molecular weight is 350 g/mol. The van der Waals surface area contributed by atoms with Crippen molar-refractivity contribution in [1.29, 1.82) is 0 Å². The molecule has 0 radical (unpaired) electrons. The first kappa shape index (κ1) is 17.8. The quantitative estimate of drug-likeness (QED) is 0.850. The molecule has 0 aliphatic carbocycles. The standard InChI is InChI=1S/C15H15ClF3NO3/c1-2-13(22)20(11-7-23-8-12(11)21)6-9-4-3-5-10(16)14(9)15(17,18)19/h2-5,11-12,21H,1,6-8H2/t11-,12-/m1/s1. The number of carbonyl (C=O) groups is 1. The van der Waals surface area contributed by atoms with Crippen LogP contribution >= 0.6 is 11.6 Å². The van der Waals surface area contributed by atoms with Gasteiger partial charge in [-0.05, 0) is 17.7 Å². The van der Waals surface area contributed by atoms with Gasteiger partial charge in [0.1, 0.15) is 0 Å². The second-order valence-corrected chi connectivity index (χ2v) is 5.52. The summed E-state index contributed by atoms with van der Waals surface area (Å²) in [4.78, 5) is 13.1. The number of amides is 1. The highest BCUT2D eigenvalue weighted by molar-refractivity contribution is 6.31. The molecular formula is C15H15ClF3NO3. The van der Waals surface area contributed by atoms with Gasteiger partial charge in [0, 0.05) is 6.54 Å². The number of aliphatic hydroxyl groups is 1. The molecule has 8 heteroatoms. The van der Waals surface area contributed by atoms with E-state index < -0.39 is 34.8 Å². The molecule has 0 aromatic heterocycles. The predicted molar refractivity (Wildman–Crippen MR) is 77.8 cm³/mol. The number of rotatable bonds is 4. The second-order valence-electron chi connectivity index (χ2n) is 5.11. The summed E-state index contributed by atoms with van der Waals surface area (Å²) in [5.74, 6) is -0.590. The van der Waals surface area contributed by atoms with E-state index in [4.69, 9.17) is 16.3 Å². The van der Waals surface area contributed by atoms with E-state index in [2.05, 4.69) is 6.58 Å². The van der Waals surface area contributed by atoms with Crippen molar-refractivity contribution in [1.82, 2.24) is 4.90 Å². The highest BCUT2D eigenvalue weighted by Crippen LogP contribution is 2.38. The molecule has 1 aliphatic rings. The number of aliphatic hydroxyl groups excluding tert-OH is 1. The molecule has 1 aromatic rings. The van der Waals surface area contributed by atoms with Crippen molar-refractivity contribution in [3.63, 3.8) is 0 Å². The Labute approximate surface area is 136 Å². The van der Waals surface area contributed by atoms with E-state index in [1.54, 1.807) is 0 Å². The Morgan fingerprint density at radius 2 is 2.17 bits per heavy atom. The number of ether oxygens (including phenoxy) is 1. The molecule has 4 nitrogen and oxygen atoms in total. The van der Waals surface area contributed by atoms with E-state index in [1.807, 2.05) is 0 Å². The van der Waals surface area contributed by atoms with Gasteiger partial charge in [-0.3, -0.25) is 4.79 Å². The van der Waals surface area contributed by atoms with Gasteiger partial charge in [0.05, 0.1) is 35.9 Å². The molecule has 1 amide bonds. The summed E-state index contributed by atoms with van der Waals surface area (Å²) >= 11 is 5.68. The van der Waals surface area contributed by atoms with Crippen LogP contribution in [0.25, 0.3) is 0 Å². The molecule has 0 spiro atoms. The van der Waals surface area contributed by atoms with E-state index >= 15 is 0 Å². The largest absolute Gasteiger partial charge is 0.418 e. The maximum absolute atomic E-state index is 13.2. The van der Waals surface area contributed by atoms with Gasteiger partial charge in [-0.2, -0.15) is 13.2 Å². The Hall–Kier alpha value is -1.57. The SMILES string of the molecule is C=CC(=O)N(Cc1cccc(Cl)c1C(F)(F)F)[C@@H]1COC[C@H]1O. The van der Waals surface area contributed by atoms with Crippen LogP contribution in [0, 0.1) is 0 Å². The third-order valence-corrected chi connectivity index (χ3v) is 3.92. The number of halogens is 4. The monoisotopic (exact) mass is 349 g/mol. The second kappa shape index (κ2) is 6.90. The highest BCUT2D eigenvalue weighted by Gasteiger charge is 2.38. The number of hydrogen-bond acceptors (Lipinski definition) is 3. The maximum atomic E-state index is 13.2. The fourth-order valence-corrected chi connectivity index (χ4v) is 2.81. The molecule has 1 aliphatic heterocycles. The van der Waals surface area contributed by atoms with Gasteiger partial charge >= 0.3 is 6.18 Å². The van der Waals surface area contributed by atoms with Crippen LogP contribution in [-0.2, 0) is 22.3 Å². The number of alkyl halides is 3. The van der Waals surface area contributed by atoms with Gasteiger partial charge < -0.3 is 14.7 Å². The van der Waals surface area contributed by atoms with Crippen LogP contribution in [0.5, 0.6) is 0 Å². The Morgan fingerprint density at radius 3 is 2.70 bits per heavy atom. The molecule has 1 aromatic carbocycles. The zero-order valence-electron chi connectivity index (χ0n) is 12.0. The molecule has 1 N–H and O–H groups in total. The molecule has 1 heterocycles. The van der Waals surface area contributed by atoms with E-state index in [0.717, 1.165) is 17.0 Å². The molecule has 1 fully saturated rings. The summed E-state index contributed by atoms with van der Waals surface area (Å²) in [6.07, 6.45) is -4.63. The van der Waals surface area contributed by atoms with Crippen molar-refractivity contribution in [2.45, 2.75) is 24.9 Å². The number of carbonyl (C=O) groups excluding carboxylic acids is 1. The van der Waals surface area contributed by atoms with Crippen molar-refractivity contribution in [3.8, 4) is 0 Å². The van der Waals surface area contributed by atoms with Gasteiger partial charge in [0.15, 0.2) is 0 Å². The molecule has 1 saturated heterocycles. The first-order valence-electron chi connectivity index (χ1n) is 6.79. The Morgan fingerprint density at radius 1 is 1.48 bits per heavy atom. The van der Waals surface area contributed by atoms with Crippen LogP contribution < -0.4 is 0 Å². The Kier molecular flexibility index (Phi) is 5.33. The van der Waals surface area contributed by atoms with Crippen LogP contribution in [0.3, 0.4) is 0 Å². The summed E-state index contributed by atoms with van der Waals surface area (Å²) in [6, 6.07) is 3.03. The predicted octanol–water partition coefficient (Wildman–Crippen LogP) is 2.63.